The van der Waals surface area contributed by atoms with Gasteiger partial charge in [0, 0.05) is 25.2 Å². The van der Waals surface area contributed by atoms with Crippen LogP contribution >= 0.6 is 0 Å². The molecule has 0 amide bonds. The normalized spacial score (nSPS) is 14.3. The molecule has 2 heterocycles. The first kappa shape index (κ1) is 12.1. The van der Waals surface area contributed by atoms with Crippen molar-refractivity contribution in [2.75, 3.05) is 13.7 Å². The van der Waals surface area contributed by atoms with Gasteiger partial charge in [-0.15, -0.1) is 0 Å². The van der Waals surface area contributed by atoms with E-state index in [4.69, 9.17) is 4.74 Å². The van der Waals surface area contributed by atoms with Crippen molar-refractivity contribution in [3.63, 3.8) is 0 Å². The van der Waals surface area contributed by atoms with E-state index in [-0.39, 0.29) is 11.3 Å². The molecule has 0 bridgehead atoms. The maximum Gasteiger partial charge on any atom is 0.139 e. The van der Waals surface area contributed by atoms with Crippen LogP contribution in [0.15, 0.2) is 18.3 Å². The third-order valence-corrected chi connectivity index (χ3v) is 3.24. The molecule has 0 saturated carbocycles. The highest BCUT2D eigenvalue weighted by molar-refractivity contribution is 5.62. The lowest BCUT2D eigenvalue weighted by atomic mass is 10.1. The zero-order valence-corrected chi connectivity index (χ0v) is 10.4. The molecule has 0 radical (unpaired) electrons. The highest BCUT2D eigenvalue weighted by Gasteiger charge is 2.21. The maximum absolute atomic E-state index is 14.1. The minimum Gasteiger partial charge on any atom is -0.497 e. The summed E-state index contributed by atoms with van der Waals surface area (Å²) >= 11 is 0. The van der Waals surface area contributed by atoms with Crippen LogP contribution in [0.1, 0.15) is 5.82 Å². The van der Waals surface area contributed by atoms with E-state index >= 15 is 0 Å². The fourth-order valence-electron chi connectivity index (χ4n) is 2.31. The summed E-state index contributed by atoms with van der Waals surface area (Å²) in [6, 6.07) is 2.36. The monoisotopic (exact) mass is 265 g/mol. The number of hydrogen-bond acceptors (Lipinski definition) is 3. The van der Waals surface area contributed by atoms with Crippen LogP contribution in [0, 0.1) is 11.6 Å². The van der Waals surface area contributed by atoms with E-state index in [0.717, 1.165) is 12.4 Å². The van der Waals surface area contributed by atoms with Crippen molar-refractivity contribution in [1.29, 1.82) is 0 Å². The van der Waals surface area contributed by atoms with Gasteiger partial charge in [-0.3, -0.25) is 0 Å². The van der Waals surface area contributed by atoms with Crippen LogP contribution < -0.4 is 10.1 Å². The lowest BCUT2D eigenvalue weighted by Gasteiger charge is -2.18. The summed E-state index contributed by atoms with van der Waals surface area (Å²) in [6.07, 6.45) is 1.51. The minimum absolute atomic E-state index is 0.0542. The first-order chi connectivity index (χ1) is 9.20. The molecule has 0 fully saturated rings. The molecule has 100 valence electrons. The van der Waals surface area contributed by atoms with E-state index in [1.54, 1.807) is 0 Å². The number of fused-ring (bicyclic) bond motifs is 1. The molecule has 0 atom stereocenters. The molecule has 1 aliphatic heterocycles. The number of nitrogens with one attached hydrogen (secondary N) is 1. The quantitative estimate of drug-likeness (QED) is 0.902. The van der Waals surface area contributed by atoms with Gasteiger partial charge in [-0.25, -0.2) is 13.8 Å². The number of methoxy groups -OCH3 is 1. The highest BCUT2D eigenvalue weighted by Crippen LogP contribution is 2.30. The maximum atomic E-state index is 14.1. The molecule has 0 unspecified atom stereocenters. The van der Waals surface area contributed by atoms with E-state index in [1.807, 2.05) is 4.57 Å². The van der Waals surface area contributed by atoms with Gasteiger partial charge in [0.2, 0.25) is 0 Å². The first-order valence-electron chi connectivity index (χ1n) is 5.99. The zero-order valence-electron chi connectivity index (χ0n) is 10.4. The second-order valence-electron chi connectivity index (χ2n) is 4.35. The molecule has 0 saturated heterocycles. The standard InChI is InChI=1S/C13H13F2N3O/c1-19-8-4-9(14)13(10(15)5-8)11-6-17-12-7-16-2-3-18(11)12/h4-6,16H,2-3,7H2,1H3. The van der Waals surface area contributed by atoms with Crippen molar-refractivity contribution < 1.29 is 13.5 Å². The molecule has 6 heteroatoms. The summed E-state index contributed by atoms with van der Waals surface area (Å²) in [7, 11) is 1.38. The Morgan fingerprint density at radius 1 is 1.32 bits per heavy atom. The Labute approximate surface area is 109 Å². The van der Waals surface area contributed by atoms with Crippen molar-refractivity contribution >= 4 is 0 Å². The van der Waals surface area contributed by atoms with Crippen molar-refractivity contribution in [1.82, 2.24) is 14.9 Å². The van der Waals surface area contributed by atoms with Gasteiger partial charge in [-0.2, -0.15) is 0 Å². The Morgan fingerprint density at radius 2 is 2.05 bits per heavy atom. The van der Waals surface area contributed by atoms with E-state index in [2.05, 4.69) is 10.3 Å². The third kappa shape index (κ3) is 1.98. The second-order valence-corrected chi connectivity index (χ2v) is 4.35. The van der Waals surface area contributed by atoms with Gasteiger partial charge >= 0.3 is 0 Å². The number of imidazole rings is 1. The number of aromatic nitrogens is 2. The third-order valence-electron chi connectivity index (χ3n) is 3.24. The minimum atomic E-state index is -0.641. The van der Waals surface area contributed by atoms with E-state index in [0.29, 0.717) is 18.8 Å². The number of ether oxygens (including phenoxy) is 1. The van der Waals surface area contributed by atoms with Gasteiger partial charge in [0.15, 0.2) is 0 Å². The van der Waals surface area contributed by atoms with Gasteiger partial charge in [0.05, 0.1) is 31.1 Å². The molecular formula is C13H13F2N3O. The molecule has 2 aromatic rings. The number of nitrogens with zero attached hydrogens (tertiary/aromatic N) is 2. The second kappa shape index (κ2) is 4.62. The summed E-state index contributed by atoms with van der Waals surface area (Å²) < 4.78 is 34.8. The van der Waals surface area contributed by atoms with Crippen LogP contribution in [0.5, 0.6) is 5.75 Å². The molecular weight excluding hydrogens is 252 g/mol. The number of benzene rings is 1. The largest absolute Gasteiger partial charge is 0.497 e. The van der Waals surface area contributed by atoms with Crippen LogP contribution in [0.2, 0.25) is 0 Å². The van der Waals surface area contributed by atoms with Gasteiger partial charge in [0.1, 0.15) is 23.2 Å². The van der Waals surface area contributed by atoms with Crippen molar-refractivity contribution in [3.8, 4) is 17.0 Å². The Morgan fingerprint density at radius 3 is 2.74 bits per heavy atom. The molecule has 19 heavy (non-hydrogen) atoms. The van der Waals surface area contributed by atoms with Crippen LogP contribution in [-0.4, -0.2) is 23.2 Å². The lowest BCUT2D eigenvalue weighted by Crippen LogP contribution is -2.28. The van der Waals surface area contributed by atoms with Gasteiger partial charge in [0.25, 0.3) is 0 Å². The predicted octanol–water partition coefficient (Wildman–Crippen LogP) is 1.94. The summed E-state index contributed by atoms with van der Waals surface area (Å²) in [5.74, 6) is -0.328. The molecule has 3 rings (SSSR count). The Bertz CT molecular complexity index is 601. The van der Waals surface area contributed by atoms with Crippen LogP contribution in [0.3, 0.4) is 0 Å². The van der Waals surface area contributed by atoms with Crippen molar-refractivity contribution in [3.05, 3.63) is 35.8 Å². The number of hydrogen-bond donors (Lipinski definition) is 1. The number of rotatable bonds is 2. The van der Waals surface area contributed by atoms with Crippen LogP contribution in [-0.2, 0) is 13.1 Å². The topological polar surface area (TPSA) is 39.1 Å². The molecule has 4 nitrogen and oxygen atoms in total. The summed E-state index contributed by atoms with van der Waals surface area (Å²) in [5.41, 5.74) is 0.413. The highest BCUT2D eigenvalue weighted by atomic mass is 19.1. The lowest BCUT2D eigenvalue weighted by molar-refractivity contribution is 0.407. The molecule has 1 aromatic heterocycles. The fraction of sp³-hybridized carbons (Fsp3) is 0.308. The average molecular weight is 265 g/mol. The van der Waals surface area contributed by atoms with E-state index in [1.165, 1.54) is 25.4 Å². The molecule has 1 N–H and O–H groups in total. The summed E-state index contributed by atoms with van der Waals surface area (Å²) in [6.45, 7) is 2.02. The Hall–Kier alpha value is -1.95. The van der Waals surface area contributed by atoms with Gasteiger partial charge < -0.3 is 14.6 Å². The molecule has 0 aliphatic carbocycles. The smallest absolute Gasteiger partial charge is 0.139 e. The molecule has 0 spiro atoms. The van der Waals surface area contributed by atoms with E-state index < -0.39 is 11.6 Å². The molecule has 1 aromatic carbocycles. The Balaban J connectivity index is 2.14. The SMILES string of the molecule is COc1cc(F)c(-c2cnc3n2CCNC3)c(F)c1. The summed E-state index contributed by atoms with van der Waals surface area (Å²) in [4.78, 5) is 4.19. The van der Waals surface area contributed by atoms with E-state index in [9.17, 15) is 8.78 Å². The van der Waals surface area contributed by atoms with Gasteiger partial charge in [-0.05, 0) is 0 Å². The average Bonchev–Trinajstić information content (AvgIpc) is 2.82. The zero-order chi connectivity index (χ0) is 13.4. The van der Waals surface area contributed by atoms with Crippen molar-refractivity contribution in [2.24, 2.45) is 0 Å². The van der Waals surface area contributed by atoms with Crippen LogP contribution in [0.4, 0.5) is 8.78 Å². The predicted molar refractivity (Wildman–Crippen MR) is 65.8 cm³/mol. The fourth-order valence-corrected chi connectivity index (χ4v) is 2.31. The van der Waals surface area contributed by atoms with Crippen molar-refractivity contribution in [2.45, 2.75) is 13.1 Å². The van der Waals surface area contributed by atoms with Crippen LogP contribution in [0.25, 0.3) is 11.3 Å². The number of halogens is 2. The Kier molecular flexibility index (Phi) is 2.94. The summed E-state index contributed by atoms with van der Waals surface area (Å²) in [5, 5.41) is 3.16. The molecule has 1 aliphatic rings. The first-order valence-corrected chi connectivity index (χ1v) is 5.99. The van der Waals surface area contributed by atoms with Gasteiger partial charge in [-0.1, -0.05) is 0 Å².